The average molecular weight is 347 g/mol. The van der Waals surface area contributed by atoms with Crippen LogP contribution in [0.4, 0.5) is 0 Å². The van der Waals surface area contributed by atoms with Crippen molar-refractivity contribution < 1.29 is 4.79 Å². The number of hydrogen-bond acceptors (Lipinski definition) is 4. The normalized spacial score (nSPS) is 16.1. The Bertz CT molecular complexity index is 890. The third kappa shape index (κ3) is 3.64. The predicted octanol–water partition coefficient (Wildman–Crippen LogP) is 2.33. The molecule has 26 heavy (non-hydrogen) atoms. The first kappa shape index (κ1) is 16.4. The third-order valence-electron chi connectivity index (χ3n) is 4.83. The molecule has 1 aliphatic rings. The van der Waals surface area contributed by atoms with E-state index >= 15 is 0 Å². The first-order valence-electron chi connectivity index (χ1n) is 8.96. The van der Waals surface area contributed by atoms with Crippen LogP contribution < -0.4 is 5.32 Å². The Morgan fingerprint density at radius 3 is 2.92 bits per heavy atom. The van der Waals surface area contributed by atoms with Gasteiger partial charge in [0.1, 0.15) is 5.82 Å². The first-order valence-corrected chi connectivity index (χ1v) is 8.96. The van der Waals surface area contributed by atoms with Crippen molar-refractivity contribution in [3.63, 3.8) is 0 Å². The van der Waals surface area contributed by atoms with Gasteiger partial charge in [0.25, 0.3) is 0 Å². The van der Waals surface area contributed by atoms with Crippen LogP contribution in [0, 0.1) is 5.92 Å². The number of pyridine rings is 1. The summed E-state index contributed by atoms with van der Waals surface area (Å²) in [5, 5.41) is 10.2. The summed E-state index contributed by atoms with van der Waals surface area (Å²) in [6.07, 6.45) is 6.80. The van der Waals surface area contributed by atoms with Crippen LogP contribution in [0.2, 0.25) is 0 Å². The van der Waals surface area contributed by atoms with Gasteiger partial charge in [-0.05, 0) is 42.5 Å². The Labute approximate surface area is 152 Å². The van der Waals surface area contributed by atoms with Gasteiger partial charge in [-0.2, -0.15) is 5.10 Å². The molecule has 0 saturated heterocycles. The zero-order valence-corrected chi connectivity index (χ0v) is 14.5. The molecule has 1 amide bonds. The Balaban J connectivity index is 1.29. The van der Waals surface area contributed by atoms with Crippen molar-refractivity contribution in [2.24, 2.45) is 5.92 Å². The van der Waals surface area contributed by atoms with Crippen LogP contribution in [0.1, 0.15) is 23.4 Å². The minimum absolute atomic E-state index is 0.0607. The van der Waals surface area contributed by atoms with Gasteiger partial charge in [0.15, 0.2) is 5.82 Å². The molecule has 0 fully saturated rings. The molecule has 0 saturated carbocycles. The number of aromatic nitrogens is 4. The van der Waals surface area contributed by atoms with Crippen molar-refractivity contribution in [2.75, 3.05) is 6.54 Å². The van der Waals surface area contributed by atoms with E-state index in [1.54, 1.807) is 12.4 Å². The number of rotatable bonds is 5. The van der Waals surface area contributed by atoms with Crippen LogP contribution in [0.5, 0.6) is 0 Å². The summed E-state index contributed by atoms with van der Waals surface area (Å²) in [6, 6.07) is 12.2. The summed E-state index contributed by atoms with van der Waals surface area (Å²) < 4.78 is 0. The highest BCUT2D eigenvalue weighted by Gasteiger charge is 2.24. The fraction of sp³-hybridized carbons (Fsp3) is 0.300. The average Bonchev–Trinajstić information content (AvgIpc) is 3.17. The van der Waals surface area contributed by atoms with E-state index in [-0.39, 0.29) is 11.8 Å². The Morgan fingerprint density at radius 1 is 1.19 bits per heavy atom. The van der Waals surface area contributed by atoms with Crippen LogP contribution in [0.3, 0.4) is 0 Å². The minimum Gasteiger partial charge on any atom is -0.355 e. The van der Waals surface area contributed by atoms with Crippen LogP contribution in [-0.4, -0.2) is 32.6 Å². The Kier molecular flexibility index (Phi) is 4.73. The van der Waals surface area contributed by atoms with Gasteiger partial charge in [-0.25, -0.2) is 4.98 Å². The van der Waals surface area contributed by atoms with Crippen LogP contribution in [0.15, 0.2) is 48.8 Å². The van der Waals surface area contributed by atoms with Crippen molar-refractivity contribution in [3.8, 4) is 11.4 Å². The summed E-state index contributed by atoms with van der Waals surface area (Å²) in [6.45, 7) is 0.554. The summed E-state index contributed by atoms with van der Waals surface area (Å²) >= 11 is 0. The van der Waals surface area contributed by atoms with Crippen molar-refractivity contribution in [3.05, 3.63) is 65.7 Å². The van der Waals surface area contributed by atoms with Crippen molar-refractivity contribution in [1.82, 2.24) is 25.5 Å². The second-order valence-corrected chi connectivity index (χ2v) is 6.60. The number of carbonyl (C=O) groups is 1. The van der Waals surface area contributed by atoms with Crippen LogP contribution in [0.25, 0.3) is 11.4 Å². The molecule has 6 nitrogen and oxygen atoms in total. The lowest BCUT2D eigenvalue weighted by molar-refractivity contribution is -0.125. The van der Waals surface area contributed by atoms with E-state index < -0.39 is 0 Å². The van der Waals surface area contributed by atoms with E-state index in [4.69, 9.17) is 0 Å². The lowest BCUT2D eigenvalue weighted by Gasteiger charge is -2.23. The summed E-state index contributed by atoms with van der Waals surface area (Å²) in [4.78, 5) is 21.0. The molecule has 2 heterocycles. The monoisotopic (exact) mass is 347 g/mol. The number of carbonyl (C=O) groups excluding carboxylic acids is 1. The van der Waals surface area contributed by atoms with E-state index in [1.807, 2.05) is 18.2 Å². The van der Waals surface area contributed by atoms with Gasteiger partial charge in [-0.1, -0.05) is 24.3 Å². The fourth-order valence-electron chi connectivity index (χ4n) is 3.40. The van der Waals surface area contributed by atoms with Crippen LogP contribution >= 0.6 is 0 Å². The summed E-state index contributed by atoms with van der Waals surface area (Å²) in [5.41, 5.74) is 3.55. The number of fused-ring (bicyclic) bond motifs is 1. The van der Waals surface area contributed by atoms with E-state index in [2.05, 4.69) is 43.7 Å². The number of nitrogens with zero attached hydrogens (tertiary/aromatic N) is 3. The largest absolute Gasteiger partial charge is 0.355 e. The van der Waals surface area contributed by atoms with Gasteiger partial charge in [0.2, 0.25) is 5.91 Å². The Hall–Kier alpha value is -3.02. The zero-order valence-electron chi connectivity index (χ0n) is 14.5. The number of H-pyrrole nitrogens is 1. The molecule has 6 heteroatoms. The fourth-order valence-corrected chi connectivity index (χ4v) is 3.40. The maximum Gasteiger partial charge on any atom is 0.223 e. The lowest BCUT2D eigenvalue weighted by Crippen LogP contribution is -2.35. The molecule has 2 aromatic heterocycles. The van der Waals surface area contributed by atoms with E-state index in [1.165, 1.54) is 11.1 Å². The Morgan fingerprint density at radius 2 is 2.08 bits per heavy atom. The summed E-state index contributed by atoms with van der Waals surface area (Å²) in [5.74, 6) is 1.58. The smallest absolute Gasteiger partial charge is 0.223 e. The van der Waals surface area contributed by atoms with E-state index in [0.717, 1.165) is 30.7 Å². The number of aryl methyl sites for hydroxylation is 1. The molecular formula is C20H21N5O. The van der Waals surface area contributed by atoms with Gasteiger partial charge in [0, 0.05) is 36.8 Å². The molecule has 1 atom stereocenters. The molecule has 4 rings (SSSR count). The molecule has 0 bridgehead atoms. The lowest BCUT2D eigenvalue weighted by atomic mass is 9.83. The molecule has 0 aliphatic heterocycles. The molecule has 3 aromatic rings. The SMILES string of the molecule is O=C(NCCc1nc(-c2cccnc2)n[nH]1)[C@@H]1CCc2ccccc2C1. The first-order chi connectivity index (χ1) is 12.8. The van der Waals surface area contributed by atoms with Gasteiger partial charge < -0.3 is 5.32 Å². The molecule has 0 unspecified atom stereocenters. The van der Waals surface area contributed by atoms with Crippen molar-refractivity contribution >= 4 is 5.91 Å². The second-order valence-electron chi connectivity index (χ2n) is 6.60. The number of hydrogen-bond donors (Lipinski definition) is 2. The topological polar surface area (TPSA) is 83.6 Å². The standard InChI is InChI=1S/C20H21N5O/c26-20(16-8-7-14-4-1-2-5-15(14)12-16)22-11-9-18-23-19(25-24-18)17-6-3-10-21-13-17/h1-6,10,13,16H,7-9,11-12H2,(H,22,26)(H,23,24,25)/t16-/m1/s1. The molecular weight excluding hydrogens is 326 g/mol. The van der Waals surface area contributed by atoms with Gasteiger partial charge in [0.05, 0.1) is 0 Å². The van der Waals surface area contributed by atoms with E-state index in [0.29, 0.717) is 18.8 Å². The van der Waals surface area contributed by atoms with Gasteiger partial charge in [-0.15, -0.1) is 0 Å². The highest BCUT2D eigenvalue weighted by atomic mass is 16.1. The predicted molar refractivity (Wildman–Crippen MR) is 98.3 cm³/mol. The summed E-state index contributed by atoms with van der Waals surface area (Å²) in [7, 11) is 0. The minimum atomic E-state index is 0.0607. The zero-order chi connectivity index (χ0) is 17.8. The third-order valence-corrected chi connectivity index (χ3v) is 4.83. The maximum absolute atomic E-state index is 12.5. The maximum atomic E-state index is 12.5. The van der Waals surface area contributed by atoms with Crippen molar-refractivity contribution in [1.29, 1.82) is 0 Å². The molecule has 1 aliphatic carbocycles. The number of benzene rings is 1. The number of amides is 1. The number of aromatic amines is 1. The van der Waals surface area contributed by atoms with Crippen LogP contribution in [-0.2, 0) is 24.1 Å². The highest BCUT2D eigenvalue weighted by molar-refractivity contribution is 5.79. The number of nitrogens with one attached hydrogen (secondary N) is 2. The molecule has 132 valence electrons. The highest BCUT2D eigenvalue weighted by Crippen LogP contribution is 2.25. The molecule has 0 spiro atoms. The quantitative estimate of drug-likeness (QED) is 0.742. The van der Waals surface area contributed by atoms with Gasteiger partial charge in [-0.3, -0.25) is 14.9 Å². The van der Waals surface area contributed by atoms with Crippen molar-refractivity contribution in [2.45, 2.75) is 25.7 Å². The van der Waals surface area contributed by atoms with Gasteiger partial charge >= 0.3 is 0 Å². The molecule has 2 N–H and O–H groups in total. The second kappa shape index (κ2) is 7.47. The van der Waals surface area contributed by atoms with E-state index in [9.17, 15) is 4.79 Å². The molecule has 1 aromatic carbocycles. The molecule has 0 radical (unpaired) electrons.